The molecule has 4 atom stereocenters. The van der Waals surface area contributed by atoms with Gasteiger partial charge < -0.3 is 30.3 Å². The minimum absolute atomic E-state index is 0.244. The van der Waals surface area contributed by atoms with Gasteiger partial charge in [-0.05, 0) is 6.42 Å². The molecule has 5 N–H and O–H groups in total. The fraction of sp³-hybridized carbons (Fsp3) is 0.929. The molecule has 0 bridgehead atoms. The average molecular weight is 308 g/mol. The fourth-order valence-corrected chi connectivity index (χ4v) is 1.79. The van der Waals surface area contributed by atoms with E-state index in [-0.39, 0.29) is 6.42 Å². The predicted octanol–water partition coefficient (Wildman–Crippen LogP) is -0.674. The van der Waals surface area contributed by atoms with Gasteiger partial charge in [0.15, 0.2) is 0 Å². The molecule has 126 valence electrons. The molecule has 7 nitrogen and oxygen atoms in total. The van der Waals surface area contributed by atoms with Gasteiger partial charge in [0.25, 0.3) is 0 Å². The van der Waals surface area contributed by atoms with E-state index in [2.05, 4.69) is 6.92 Å². The lowest BCUT2D eigenvalue weighted by Gasteiger charge is -2.25. The summed E-state index contributed by atoms with van der Waals surface area (Å²) in [5.41, 5.74) is 0. The van der Waals surface area contributed by atoms with Crippen LogP contribution in [-0.4, -0.2) is 69.1 Å². The van der Waals surface area contributed by atoms with E-state index in [4.69, 9.17) is 14.9 Å². The van der Waals surface area contributed by atoms with E-state index >= 15 is 0 Å². The summed E-state index contributed by atoms with van der Waals surface area (Å²) in [6.07, 6.45) is -1.29. The first-order chi connectivity index (χ1) is 9.93. The van der Waals surface area contributed by atoms with Crippen molar-refractivity contribution >= 4 is 5.97 Å². The summed E-state index contributed by atoms with van der Waals surface area (Å²) in [7, 11) is 0. The largest absolute Gasteiger partial charge is 0.463 e. The smallest absolute Gasteiger partial charge is 0.305 e. The van der Waals surface area contributed by atoms with Crippen molar-refractivity contribution in [2.75, 3.05) is 13.2 Å². The number of ether oxygens (including phenoxy) is 1. The third-order valence-electron chi connectivity index (χ3n) is 3.22. The predicted molar refractivity (Wildman–Crippen MR) is 75.4 cm³/mol. The molecule has 0 aromatic carbocycles. The van der Waals surface area contributed by atoms with Crippen LogP contribution in [0.1, 0.15) is 45.4 Å². The van der Waals surface area contributed by atoms with Gasteiger partial charge in [-0.15, -0.1) is 0 Å². The van der Waals surface area contributed by atoms with Crippen molar-refractivity contribution < 1.29 is 35.1 Å². The summed E-state index contributed by atoms with van der Waals surface area (Å²) >= 11 is 0. The Morgan fingerprint density at radius 2 is 1.52 bits per heavy atom. The monoisotopic (exact) mass is 308 g/mol. The zero-order valence-electron chi connectivity index (χ0n) is 12.5. The van der Waals surface area contributed by atoms with Gasteiger partial charge in [-0.2, -0.15) is 0 Å². The molecule has 0 aliphatic heterocycles. The van der Waals surface area contributed by atoms with Crippen molar-refractivity contribution in [2.45, 2.75) is 69.9 Å². The van der Waals surface area contributed by atoms with Gasteiger partial charge in [-0.25, -0.2) is 0 Å². The van der Waals surface area contributed by atoms with E-state index < -0.39 is 43.6 Å². The Kier molecular flexibility index (Phi) is 11.5. The molecule has 0 fully saturated rings. The number of aliphatic hydroxyl groups excluding tert-OH is 5. The second kappa shape index (κ2) is 11.9. The molecule has 0 aromatic heterocycles. The highest BCUT2D eigenvalue weighted by Gasteiger charge is 2.30. The Morgan fingerprint density at radius 1 is 0.952 bits per heavy atom. The molecule has 0 amide bonds. The van der Waals surface area contributed by atoms with Crippen LogP contribution in [-0.2, 0) is 9.53 Å². The summed E-state index contributed by atoms with van der Waals surface area (Å²) in [5.74, 6) is -0.477. The van der Waals surface area contributed by atoms with E-state index in [1.165, 1.54) is 0 Å². The Hall–Kier alpha value is -0.730. The lowest BCUT2D eigenvalue weighted by atomic mass is 10.0. The summed E-state index contributed by atoms with van der Waals surface area (Å²) < 4.78 is 4.79. The van der Waals surface area contributed by atoms with Crippen molar-refractivity contribution in [1.29, 1.82) is 0 Å². The van der Waals surface area contributed by atoms with Gasteiger partial charge in [0.2, 0.25) is 0 Å². The third kappa shape index (κ3) is 9.00. The number of hydrogen-bond donors (Lipinski definition) is 5. The molecule has 0 heterocycles. The van der Waals surface area contributed by atoms with Crippen LogP contribution in [0.4, 0.5) is 0 Å². The fourth-order valence-electron chi connectivity index (χ4n) is 1.79. The maximum Gasteiger partial charge on any atom is 0.305 e. The topological polar surface area (TPSA) is 127 Å². The van der Waals surface area contributed by atoms with Gasteiger partial charge in [0.1, 0.15) is 31.0 Å². The molecular formula is C14H28O7. The van der Waals surface area contributed by atoms with Gasteiger partial charge >= 0.3 is 5.97 Å². The van der Waals surface area contributed by atoms with Crippen molar-refractivity contribution in [3.05, 3.63) is 0 Å². The van der Waals surface area contributed by atoms with E-state index in [0.717, 1.165) is 25.7 Å². The van der Waals surface area contributed by atoms with Crippen molar-refractivity contribution in [2.24, 2.45) is 0 Å². The van der Waals surface area contributed by atoms with E-state index in [1.54, 1.807) is 0 Å². The lowest BCUT2D eigenvalue weighted by Crippen LogP contribution is -2.47. The van der Waals surface area contributed by atoms with Gasteiger partial charge in [-0.3, -0.25) is 4.79 Å². The summed E-state index contributed by atoms with van der Waals surface area (Å²) in [6.45, 7) is 0.885. The van der Waals surface area contributed by atoms with E-state index in [1.807, 2.05) is 0 Å². The van der Waals surface area contributed by atoms with Crippen molar-refractivity contribution in [3.8, 4) is 0 Å². The number of unbranched alkanes of at least 4 members (excludes halogenated alkanes) is 4. The van der Waals surface area contributed by atoms with Crippen LogP contribution in [0.5, 0.6) is 0 Å². The lowest BCUT2D eigenvalue weighted by molar-refractivity contribution is -0.156. The SMILES string of the molecule is CCCCCCCC(=O)OC[C@@H](O)[C@@H](O)[C@H](O)[C@@H](O)CO. The maximum absolute atomic E-state index is 11.4. The van der Waals surface area contributed by atoms with Crippen molar-refractivity contribution in [1.82, 2.24) is 0 Å². The van der Waals surface area contributed by atoms with Gasteiger partial charge in [0.05, 0.1) is 6.61 Å². The molecule has 0 aliphatic rings. The summed E-state index contributed by atoms with van der Waals surface area (Å²) in [5, 5.41) is 46.2. The van der Waals surface area contributed by atoms with Crippen LogP contribution >= 0.6 is 0 Å². The maximum atomic E-state index is 11.4. The minimum Gasteiger partial charge on any atom is -0.463 e. The molecule has 0 aliphatic carbocycles. The van der Waals surface area contributed by atoms with E-state index in [9.17, 15) is 20.1 Å². The number of carbonyl (C=O) groups is 1. The first-order valence-electron chi connectivity index (χ1n) is 7.42. The minimum atomic E-state index is -1.71. The van der Waals surface area contributed by atoms with Crippen molar-refractivity contribution in [3.63, 3.8) is 0 Å². The Labute approximate surface area is 125 Å². The third-order valence-corrected chi connectivity index (χ3v) is 3.22. The average Bonchev–Trinajstić information content (AvgIpc) is 2.49. The zero-order valence-corrected chi connectivity index (χ0v) is 12.5. The highest BCUT2D eigenvalue weighted by atomic mass is 16.5. The first kappa shape index (κ1) is 20.3. The Bertz CT molecular complexity index is 272. The second-order valence-corrected chi connectivity index (χ2v) is 5.15. The van der Waals surface area contributed by atoms with E-state index in [0.29, 0.717) is 6.42 Å². The highest BCUT2D eigenvalue weighted by molar-refractivity contribution is 5.69. The second-order valence-electron chi connectivity index (χ2n) is 5.15. The van der Waals surface area contributed by atoms with Crippen LogP contribution in [0.15, 0.2) is 0 Å². The number of esters is 1. The molecule has 0 unspecified atom stereocenters. The standard InChI is InChI=1S/C14H28O7/c1-2-3-4-5-6-7-12(18)21-9-11(17)14(20)13(19)10(16)8-15/h10-11,13-17,19-20H,2-9H2,1H3/t10-,11+,13+,14+/m0/s1. The van der Waals surface area contributed by atoms with Crippen LogP contribution in [0, 0.1) is 0 Å². The van der Waals surface area contributed by atoms with Crippen LogP contribution in [0.2, 0.25) is 0 Å². The number of rotatable bonds is 12. The number of aliphatic hydroxyl groups is 5. The normalized spacial score (nSPS) is 17.0. The number of carbonyl (C=O) groups excluding carboxylic acids is 1. The quantitative estimate of drug-likeness (QED) is 0.239. The molecule has 0 saturated carbocycles. The molecular weight excluding hydrogens is 280 g/mol. The van der Waals surface area contributed by atoms with Crippen LogP contribution in [0.3, 0.4) is 0 Å². The summed E-state index contributed by atoms with van der Waals surface area (Å²) in [4.78, 5) is 11.4. The Balaban J connectivity index is 3.85. The summed E-state index contributed by atoms with van der Waals surface area (Å²) in [6, 6.07) is 0. The molecule has 7 heteroatoms. The van der Waals surface area contributed by atoms with Crippen LogP contribution < -0.4 is 0 Å². The highest BCUT2D eigenvalue weighted by Crippen LogP contribution is 2.08. The van der Waals surface area contributed by atoms with Gasteiger partial charge in [-0.1, -0.05) is 32.6 Å². The number of hydrogen-bond acceptors (Lipinski definition) is 7. The van der Waals surface area contributed by atoms with Crippen LogP contribution in [0.25, 0.3) is 0 Å². The first-order valence-corrected chi connectivity index (χ1v) is 7.42. The zero-order chi connectivity index (χ0) is 16.3. The molecule has 0 aromatic rings. The molecule has 0 spiro atoms. The Morgan fingerprint density at radius 3 is 2.10 bits per heavy atom. The van der Waals surface area contributed by atoms with Gasteiger partial charge in [0, 0.05) is 6.42 Å². The molecule has 21 heavy (non-hydrogen) atoms. The molecule has 0 saturated heterocycles. The molecule has 0 rings (SSSR count). The molecule has 0 radical (unpaired) electrons.